The molecule has 7 heteroatoms. The molecule has 0 radical (unpaired) electrons. The molecule has 1 aromatic heterocycles. The molecular formula is C23H36N4O3. The zero-order chi connectivity index (χ0) is 21.3. The Bertz CT molecular complexity index is 829. The van der Waals surface area contributed by atoms with Crippen molar-refractivity contribution in [3.05, 3.63) is 23.9 Å². The fourth-order valence-corrected chi connectivity index (χ4v) is 3.42. The lowest BCUT2D eigenvalue weighted by Gasteiger charge is -2.22. The minimum absolute atomic E-state index is 0.748. The zero-order valence-electron chi connectivity index (χ0n) is 18.8. The number of hydrogen-bond acceptors (Lipinski definition) is 4. The van der Waals surface area contributed by atoms with Crippen LogP contribution >= 0.6 is 0 Å². The number of hydrogen-bond donors (Lipinski definition) is 2. The molecular weight excluding hydrogens is 380 g/mol. The summed E-state index contributed by atoms with van der Waals surface area (Å²) in [4.78, 5) is 10.4. The number of fused-ring (bicyclic) bond motifs is 1. The third-order valence-electron chi connectivity index (χ3n) is 5.37. The summed E-state index contributed by atoms with van der Waals surface area (Å²) in [6.07, 6.45) is 4.55. The second kappa shape index (κ2) is 11.1. The molecule has 0 bridgehead atoms. The normalized spacial score (nSPS) is 14.2. The first-order valence-electron chi connectivity index (χ1n) is 10.9. The summed E-state index contributed by atoms with van der Waals surface area (Å²) >= 11 is 0. The molecule has 0 spiro atoms. The quantitative estimate of drug-likeness (QED) is 0.315. The number of ether oxygens (including phenoxy) is 3. The number of benzene rings is 1. The first kappa shape index (κ1) is 22.3. The van der Waals surface area contributed by atoms with Gasteiger partial charge < -0.3 is 29.4 Å². The number of nitrogens with one attached hydrogen (secondary N) is 2. The molecule has 30 heavy (non-hydrogen) atoms. The highest BCUT2D eigenvalue weighted by Gasteiger charge is 2.21. The summed E-state index contributed by atoms with van der Waals surface area (Å²) in [5.41, 5.74) is 2.21. The molecule has 7 nitrogen and oxygen atoms in total. The number of aromatic amines is 1. The van der Waals surface area contributed by atoms with Gasteiger partial charge in [0.15, 0.2) is 5.96 Å². The van der Waals surface area contributed by atoms with E-state index in [-0.39, 0.29) is 0 Å². The standard InChI is InChI=1S/C23H36N4O3/c1-5-24-23(27(2)11-12-30-16-17-8-9-17)25-10-6-7-18-13-20-21(26-18)14-19(28-3)15-22(20)29-4/h13-15,17,26H,5-12,16H2,1-4H3,(H,24,25). The van der Waals surface area contributed by atoms with Gasteiger partial charge in [0.1, 0.15) is 11.5 Å². The third kappa shape index (κ3) is 6.29. The zero-order valence-corrected chi connectivity index (χ0v) is 18.8. The molecule has 0 amide bonds. The first-order valence-corrected chi connectivity index (χ1v) is 10.9. The fourth-order valence-electron chi connectivity index (χ4n) is 3.42. The van der Waals surface area contributed by atoms with Gasteiger partial charge in [-0.2, -0.15) is 0 Å². The van der Waals surface area contributed by atoms with Crippen LogP contribution in [0.25, 0.3) is 10.9 Å². The molecule has 3 rings (SSSR count). The van der Waals surface area contributed by atoms with Crippen molar-refractivity contribution in [2.24, 2.45) is 10.9 Å². The topological polar surface area (TPSA) is 71.1 Å². The average molecular weight is 417 g/mol. The number of aromatic nitrogens is 1. The third-order valence-corrected chi connectivity index (χ3v) is 5.37. The van der Waals surface area contributed by atoms with E-state index in [2.05, 4.69) is 35.2 Å². The van der Waals surface area contributed by atoms with Gasteiger partial charge in [-0.25, -0.2) is 0 Å². The van der Waals surface area contributed by atoms with Crippen LogP contribution in [0.2, 0.25) is 0 Å². The lowest BCUT2D eigenvalue weighted by molar-refractivity contribution is 0.115. The number of H-pyrrole nitrogens is 1. The van der Waals surface area contributed by atoms with Gasteiger partial charge in [0, 0.05) is 56.5 Å². The van der Waals surface area contributed by atoms with Crippen molar-refractivity contribution >= 4 is 16.9 Å². The van der Waals surface area contributed by atoms with Crippen LogP contribution in [0.4, 0.5) is 0 Å². The number of aliphatic imine (C=N–C) groups is 1. The Morgan fingerprint density at radius 2 is 2.07 bits per heavy atom. The van der Waals surface area contributed by atoms with E-state index in [9.17, 15) is 0 Å². The molecule has 0 atom stereocenters. The lowest BCUT2D eigenvalue weighted by atomic mass is 10.2. The lowest BCUT2D eigenvalue weighted by Crippen LogP contribution is -2.40. The van der Waals surface area contributed by atoms with E-state index >= 15 is 0 Å². The SMILES string of the molecule is CCNC(=NCCCc1cc2c(OC)cc(OC)cc2[nH]1)N(C)CCOCC1CC1. The van der Waals surface area contributed by atoms with Crippen LogP contribution in [0.5, 0.6) is 11.5 Å². The maximum Gasteiger partial charge on any atom is 0.193 e. The van der Waals surface area contributed by atoms with Gasteiger partial charge >= 0.3 is 0 Å². The molecule has 1 saturated carbocycles. The van der Waals surface area contributed by atoms with Crippen molar-refractivity contribution in [1.29, 1.82) is 0 Å². The Balaban J connectivity index is 1.50. The van der Waals surface area contributed by atoms with E-state index in [0.717, 1.165) is 80.0 Å². The number of rotatable bonds is 12. The summed E-state index contributed by atoms with van der Waals surface area (Å²) in [6, 6.07) is 6.08. The Kier molecular flexibility index (Phi) is 8.25. The highest BCUT2D eigenvalue weighted by Crippen LogP contribution is 2.31. The molecule has 2 N–H and O–H groups in total. The molecule has 0 aliphatic heterocycles. The van der Waals surface area contributed by atoms with Gasteiger partial charge in [0.2, 0.25) is 0 Å². The molecule has 2 aromatic rings. The molecule has 0 saturated heterocycles. The largest absolute Gasteiger partial charge is 0.497 e. The van der Waals surface area contributed by atoms with E-state index in [1.54, 1.807) is 14.2 Å². The summed E-state index contributed by atoms with van der Waals surface area (Å²) in [6.45, 7) is 6.23. The Morgan fingerprint density at radius 1 is 1.23 bits per heavy atom. The van der Waals surface area contributed by atoms with Crippen molar-refractivity contribution in [3.8, 4) is 11.5 Å². The van der Waals surface area contributed by atoms with Crippen molar-refractivity contribution < 1.29 is 14.2 Å². The van der Waals surface area contributed by atoms with Gasteiger partial charge in [-0.05, 0) is 44.6 Å². The number of likely N-dealkylation sites (N-methyl/N-ethyl adjacent to an activating group) is 1. The average Bonchev–Trinajstić information content (AvgIpc) is 3.49. The molecule has 1 heterocycles. The van der Waals surface area contributed by atoms with Gasteiger partial charge in [-0.15, -0.1) is 0 Å². The number of methoxy groups -OCH3 is 2. The van der Waals surface area contributed by atoms with Gasteiger partial charge in [0.05, 0.1) is 26.3 Å². The minimum Gasteiger partial charge on any atom is -0.497 e. The van der Waals surface area contributed by atoms with Crippen LogP contribution in [-0.2, 0) is 11.2 Å². The molecule has 1 fully saturated rings. The van der Waals surface area contributed by atoms with Crippen LogP contribution in [0.3, 0.4) is 0 Å². The molecule has 166 valence electrons. The maximum absolute atomic E-state index is 5.76. The second-order valence-corrected chi connectivity index (χ2v) is 7.86. The van der Waals surface area contributed by atoms with Crippen LogP contribution in [0.1, 0.15) is 31.9 Å². The van der Waals surface area contributed by atoms with Crippen molar-refractivity contribution in [2.45, 2.75) is 32.6 Å². The monoisotopic (exact) mass is 416 g/mol. The molecule has 1 aliphatic rings. The summed E-state index contributed by atoms with van der Waals surface area (Å²) in [5, 5.41) is 4.45. The Labute approximate surface area is 179 Å². The molecule has 0 unspecified atom stereocenters. The van der Waals surface area contributed by atoms with Crippen molar-refractivity contribution in [3.63, 3.8) is 0 Å². The summed E-state index contributed by atoms with van der Waals surface area (Å²) in [5.74, 6) is 3.36. The first-order chi connectivity index (χ1) is 14.6. The van der Waals surface area contributed by atoms with Crippen LogP contribution in [0.15, 0.2) is 23.2 Å². The highest BCUT2D eigenvalue weighted by molar-refractivity contribution is 5.88. The summed E-state index contributed by atoms with van der Waals surface area (Å²) < 4.78 is 16.6. The number of guanidine groups is 1. The van der Waals surface area contributed by atoms with Gasteiger partial charge in [-0.1, -0.05) is 0 Å². The van der Waals surface area contributed by atoms with E-state index in [4.69, 9.17) is 19.2 Å². The van der Waals surface area contributed by atoms with Crippen LogP contribution in [0, 0.1) is 5.92 Å². The van der Waals surface area contributed by atoms with E-state index in [1.165, 1.54) is 18.5 Å². The van der Waals surface area contributed by atoms with Crippen molar-refractivity contribution in [2.75, 3.05) is 54.1 Å². The second-order valence-electron chi connectivity index (χ2n) is 7.86. The highest BCUT2D eigenvalue weighted by atomic mass is 16.5. The van der Waals surface area contributed by atoms with Gasteiger partial charge in [0.25, 0.3) is 0 Å². The van der Waals surface area contributed by atoms with Crippen LogP contribution in [-0.4, -0.2) is 70.0 Å². The smallest absolute Gasteiger partial charge is 0.193 e. The van der Waals surface area contributed by atoms with Crippen LogP contribution < -0.4 is 14.8 Å². The van der Waals surface area contributed by atoms with E-state index in [1.807, 2.05) is 12.1 Å². The van der Waals surface area contributed by atoms with E-state index in [0.29, 0.717) is 0 Å². The minimum atomic E-state index is 0.748. The predicted molar refractivity (Wildman–Crippen MR) is 122 cm³/mol. The van der Waals surface area contributed by atoms with Crippen molar-refractivity contribution in [1.82, 2.24) is 15.2 Å². The Morgan fingerprint density at radius 3 is 2.77 bits per heavy atom. The fraction of sp³-hybridized carbons (Fsp3) is 0.609. The number of aryl methyl sites for hydroxylation is 1. The summed E-state index contributed by atoms with van der Waals surface area (Å²) in [7, 11) is 5.42. The number of nitrogens with zero attached hydrogens (tertiary/aromatic N) is 2. The predicted octanol–water partition coefficient (Wildman–Crippen LogP) is 3.44. The molecule has 1 aromatic carbocycles. The van der Waals surface area contributed by atoms with E-state index < -0.39 is 0 Å². The van der Waals surface area contributed by atoms with Gasteiger partial charge in [-0.3, -0.25) is 4.99 Å². The molecule has 1 aliphatic carbocycles. The maximum atomic E-state index is 5.76. The Hall–Kier alpha value is -2.41.